The SMILES string of the molecule is O=S(=O)(F)c1ncnn1CF. The largest absolute Gasteiger partial charge is 0.368 e. The van der Waals surface area contributed by atoms with E-state index in [2.05, 4.69) is 10.1 Å². The number of hydrogen-bond acceptors (Lipinski definition) is 4. The highest BCUT2D eigenvalue weighted by Gasteiger charge is 2.19. The third-order valence-electron chi connectivity index (χ3n) is 0.911. The van der Waals surface area contributed by atoms with Gasteiger partial charge in [0, 0.05) is 0 Å². The standard InChI is InChI=1S/C3H3F2N3O2S/c4-1-8-3(6-2-7-8)11(5,9)10/h2H,1H2. The van der Waals surface area contributed by atoms with Crippen molar-refractivity contribution in [3.8, 4) is 0 Å². The van der Waals surface area contributed by atoms with E-state index in [1.165, 1.54) is 0 Å². The summed E-state index contributed by atoms with van der Waals surface area (Å²) in [5, 5.41) is 2.10. The molecular weight excluding hydrogens is 180 g/mol. The Labute approximate surface area is 60.9 Å². The lowest BCUT2D eigenvalue weighted by Gasteiger charge is -1.93. The smallest absolute Gasteiger partial charge is 0.225 e. The van der Waals surface area contributed by atoms with Crippen molar-refractivity contribution in [3.63, 3.8) is 0 Å². The van der Waals surface area contributed by atoms with Crippen LogP contribution in [0.1, 0.15) is 0 Å². The summed E-state index contributed by atoms with van der Waals surface area (Å²) in [6.45, 7) is -1.22. The van der Waals surface area contributed by atoms with Gasteiger partial charge in [-0.2, -0.15) is 13.5 Å². The number of aromatic nitrogens is 3. The van der Waals surface area contributed by atoms with Crippen molar-refractivity contribution >= 4 is 10.2 Å². The molecule has 0 N–H and O–H groups in total. The summed E-state index contributed by atoms with van der Waals surface area (Å²) in [5.74, 6) is 0. The van der Waals surface area contributed by atoms with Crippen LogP contribution in [0.2, 0.25) is 0 Å². The molecular formula is C3H3F2N3O2S. The third-order valence-corrected chi connectivity index (χ3v) is 1.66. The highest BCUT2D eigenvalue weighted by molar-refractivity contribution is 7.86. The monoisotopic (exact) mass is 183 g/mol. The molecule has 62 valence electrons. The van der Waals surface area contributed by atoms with E-state index < -0.39 is 22.2 Å². The first kappa shape index (κ1) is 8.05. The second-order valence-electron chi connectivity index (χ2n) is 1.60. The van der Waals surface area contributed by atoms with Crippen LogP contribution in [0, 0.1) is 0 Å². The second-order valence-corrected chi connectivity index (χ2v) is 2.84. The van der Waals surface area contributed by atoms with Crippen LogP contribution < -0.4 is 0 Å². The minimum Gasteiger partial charge on any atom is -0.225 e. The molecule has 0 radical (unpaired) electrons. The lowest BCUT2D eigenvalue weighted by molar-refractivity contribution is 0.323. The molecule has 0 amide bonds. The van der Waals surface area contributed by atoms with Gasteiger partial charge in [-0.15, -0.1) is 0 Å². The molecule has 0 atom stereocenters. The molecule has 0 aliphatic carbocycles. The van der Waals surface area contributed by atoms with Crippen LogP contribution in [-0.2, 0) is 17.0 Å². The number of rotatable bonds is 2. The van der Waals surface area contributed by atoms with Crippen molar-refractivity contribution in [3.05, 3.63) is 6.33 Å². The molecule has 1 rings (SSSR count). The van der Waals surface area contributed by atoms with Gasteiger partial charge < -0.3 is 0 Å². The molecule has 5 nitrogen and oxygen atoms in total. The van der Waals surface area contributed by atoms with E-state index in [0.717, 1.165) is 6.33 Å². The molecule has 0 aliphatic heterocycles. The summed E-state index contributed by atoms with van der Waals surface area (Å²) in [6, 6.07) is 0. The van der Waals surface area contributed by atoms with Crippen LogP contribution in [-0.4, -0.2) is 23.2 Å². The molecule has 0 spiro atoms. The van der Waals surface area contributed by atoms with Crippen molar-refractivity contribution in [2.75, 3.05) is 0 Å². The average molecular weight is 183 g/mol. The first-order valence-electron chi connectivity index (χ1n) is 2.44. The minimum absolute atomic E-state index is 0.301. The Kier molecular flexibility index (Phi) is 1.85. The predicted molar refractivity (Wildman–Crippen MR) is 29.4 cm³/mol. The quantitative estimate of drug-likeness (QED) is 0.599. The van der Waals surface area contributed by atoms with E-state index in [1.54, 1.807) is 0 Å². The van der Waals surface area contributed by atoms with Gasteiger partial charge in [0.05, 0.1) is 0 Å². The normalized spacial score (nSPS) is 11.8. The maximum Gasteiger partial charge on any atom is 0.368 e. The van der Waals surface area contributed by atoms with Crippen LogP contribution >= 0.6 is 0 Å². The van der Waals surface area contributed by atoms with E-state index in [9.17, 15) is 16.7 Å². The predicted octanol–water partition coefficient (Wildman–Crippen LogP) is -0.137. The maximum atomic E-state index is 12.1. The molecule has 0 fully saturated rings. The zero-order valence-corrected chi connectivity index (χ0v) is 5.92. The van der Waals surface area contributed by atoms with Gasteiger partial charge in [-0.1, -0.05) is 3.89 Å². The van der Waals surface area contributed by atoms with Crippen LogP contribution in [0.4, 0.5) is 8.28 Å². The first-order valence-corrected chi connectivity index (χ1v) is 3.82. The van der Waals surface area contributed by atoms with Gasteiger partial charge >= 0.3 is 10.2 Å². The van der Waals surface area contributed by atoms with Gasteiger partial charge in [0.15, 0.2) is 6.80 Å². The van der Waals surface area contributed by atoms with Crippen LogP contribution in [0.25, 0.3) is 0 Å². The Bertz CT molecular complexity index is 345. The van der Waals surface area contributed by atoms with E-state index in [1.807, 2.05) is 0 Å². The zero-order valence-electron chi connectivity index (χ0n) is 5.11. The zero-order chi connectivity index (χ0) is 8.48. The third kappa shape index (κ3) is 1.50. The van der Waals surface area contributed by atoms with Gasteiger partial charge in [-0.3, -0.25) is 0 Å². The van der Waals surface area contributed by atoms with Crippen molar-refractivity contribution < 1.29 is 16.7 Å². The summed E-state index contributed by atoms with van der Waals surface area (Å²) < 4.78 is 44.4. The molecule has 1 aromatic heterocycles. The fourth-order valence-electron chi connectivity index (χ4n) is 0.524. The van der Waals surface area contributed by atoms with E-state index in [0.29, 0.717) is 4.68 Å². The fourth-order valence-corrected chi connectivity index (χ4v) is 1.05. The molecule has 0 saturated carbocycles. The Morgan fingerprint density at radius 1 is 1.64 bits per heavy atom. The highest BCUT2D eigenvalue weighted by Crippen LogP contribution is 2.06. The Morgan fingerprint density at radius 3 is 2.64 bits per heavy atom. The molecule has 0 aromatic carbocycles. The number of alkyl halides is 1. The van der Waals surface area contributed by atoms with Gasteiger partial charge in [-0.25, -0.2) is 14.1 Å². The number of nitrogens with zero attached hydrogens (tertiary/aromatic N) is 3. The fraction of sp³-hybridized carbons (Fsp3) is 0.333. The Hall–Kier alpha value is -1.05. The average Bonchev–Trinajstić information content (AvgIpc) is 2.31. The minimum atomic E-state index is -4.95. The lowest BCUT2D eigenvalue weighted by atomic mass is 11.2. The van der Waals surface area contributed by atoms with Crippen molar-refractivity contribution in [1.29, 1.82) is 0 Å². The van der Waals surface area contributed by atoms with Gasteiger partial charge in [0.25, 0.3) is 5.16 Å². The van der Waals surface area contributed by atoms with Crippen molar-refractivity contribution in [1.82, 2.24) is 14.8 Å². The molecule has 0 saturated heterocycles. The highest BCUT2D eigenvalue weighted by atomic mass is 32.3. The maximum absolute atomic E-state index is 12.1. The number of halogens is 2. The molecule has 1 heterocycles. The Balaban J connectivity index is 3.24. The van der Waals surface area contributed by atoms with Crippen LogP contribution in [0.15, 0.2) is 11.5 Å². The molecule has 0 unspecified atom stereocenters. The molecule has 0 bridgehead atoms. The van der Waals surface area contributed by atoms with E-state index >= 15 is 0 Å². The van der Waals surface area contributed by atoms with E-state index in [-0.39, 0.29) is 0 Å². The molecule has 0 aliphatic rings. The van der Waals surface area contributed by atoms with E-state index in [4.69, 9.17) is 0 Å². The van der Waals surface area contributed by atoms with Crippen molar-refractivity contribution in [2.45, 2.75) is 12.0 Å². The molecule has 11 heavy (non-hydrogen) atoms. The lowest BCUT2D eigenvalue weighted by Crippen LogP contribution is -2.05. The summed E-state index contributed by atoms with van der Waals surface area (Å²) >= 11 is 0. The Morgan fingerprint density at radius 2 is 2.27 bits per heavy atom. The van der Waals surface area contributed by atoms with Crippen LogP contribution in [0.5, 0.6) is 0 Å². The van der Waals surface area contributed by atoms with Gasteiger partial charge in [0.2, 0.25) is 0 Å². The summed E-state index contributed by atoms with van der Waals surface area (Å²) in [5.41, 5.74) is 0. The first-order chi connectivity index (χ1) is 5.05. The van der Waals surface area contributed by atoms with Crippen molar-refractivity contribution in [2.24, 2.45) is 0 Å². The number of hydrogen-bond donors (Lipinski definition) is 0. The van der Waals surface area contributed by atoms with Crippen LogP contribution in [0.3, 0.4) is 0 Å². The summed E-state index contributed by atoms with van der Waals surface area (Å²) in [7, 11) is -4.95. The topological polar surface area (TPSA) is 64.8 Å². The molecule has 1 aromatic rings. The summed E-state index contributed by atoms with van der Waals surface area (Å²) in [6.07, 6.45) is 0.756. The second kappa shape index (κ2) is 2.53. The summed E-state index contributed by atoms with van der Waals surface area (Å²) in [4.78, 5) is 3.01. The molecule has 8 heteroatoms. The van der Waals surface area contributed by atoms with Gasteiger partial charge in [-0.05, 0) is 0 Å². The van der Waals surface area contributed by atoms with Gasteiger partial charge in [0.1, 0.15) is 6.33 Å².